The number of methoxy groups -OCH3 is 2. The van der Waals surface area contributed by atoms with Gasteiger partial charge in [-0.25, -0.2) is 0 Å². The molecule has 1 rings (SSSR count). The zero-order chi connectivity index (χ0) is 16.4. The summed E-state index contributed by atoms with van der Waals surface area (Å²) < 4.78 is 10.5. The molecule has 1 amide bonds. The van der Waals surface area contributed by atoms with E-state index in [1.165, 1.54) is 0 Å². The second kappa shape index (κ2) is 12.0. The van der Waals surface area contributed by atoms with Crippen LogP contribution >= 0.6 is 12.4 Å². The minimum Gasteiger partial charge on any atom is -0.497 e. The van der Waals surface area contributed by atoms with Gasteiger partial charge in [-0.3, -0.25) is 4.79 Å². The highest BCUT2D eigenvalue weighted by Gasteiger charge is 2.12. The van der Waals surface area contributed by atoms with Gasteiger partial charge >= 0.3 is 0 Å². The summed E-state index contributed by atoms with van der Waals surface area (Å²) >= 11 is 0. The van der Waals surface area contributed by atoms with Crippen molar-refractivity contribution in [2.24, 2.45) is 5.73 Å². The van der Waals surface area contributed by atoms with E-state index in [4.69, 9.17) is 15.2 Å². The molecule has 23 heavy (non-hydrogen) atoms. The Hall–Kier alpha value is -1.46. The highest BCUT2D eigenvalue weighted by atomic mass is 35.5. The van der Waals surface area contributed by atoms with Crippen molar-refractivity contribution in [2.75, 3.05) is 27.8 Å². The summed E-state index contributed by atoms with van der Waals surface area (Å²) in [6.45, 7) is 1.26. The molecule has 2 N–H and O–H groups in total. The number of carbonyl (C=O) groups is 1. The summed E-state index contributed by atoms with van der Waals surface area (Å²) in [6.07, 6.45) is 4.69. The summed E-state index contributed by atoms with van der Waals surface area (Å²) in [5.74, 6) is 1.64. The van der Waals surface area contributed by atoms with Crippen molar-refractivity contribution in [3.63, 3.8) is 0 Å². The fourth-order valence-electron chi connectivity index (χ4n) is 2.29. The molecule has 0 saturated heterocycles. The molecule has 0 radical (unpaired) electrons. The molecule has 132 valence electrons. The number of halogens is 1. The zero-order valence-corrected chi connectivity index (χ0v) is 15.2. The van der Waals surface area contributed by atoms with E-state index < -0.39 is 0 Å². The summed E-state index contributed by atoms with van der Waals surface area (Å²) in [5.41, 5.74) is 6.43. The standard InChI is InChI=1S/C17H28N2O3.ClH/c1-19(17(20)8-6-4-5-7-11-18)13-14-9-10-15(21-2)12-16(14)22-3;/h9-10,12H,4-8,11,13,18H2,1-3H3;1H. The predicted molar refractivity (Wildman–Crippen MR) is 95.4 cm³/mol. The quantitative estimate of drug-likeness (QED) is 0.663. The molecule has 1 aromatic carbocycles. The van der Waals surface area contributed by atoms with Crippen molar-refractivity contribution in [2.45, 2.75) is 38.6 Å². The van der Waals surface area contributed by atoms with Gasteiger partial charge in [-0.1, -0.05) is 12.8 Å². The Morgan fingerprint density at radius 3 is 2.43 bits per heavy atom. The number of hydrogen-bond acceptors (Lipinski definition) is 4. The van der Waals surface area contributed by atoms with Crippen molar-refractivity contribution < 1.29 is 14.3 Å². The van der Waals surface area contributed by atoms with E-state index in [9.17, 15) is 4.79 Å². The molecular formula is C17H29ClN2O3. The molecule has 1 aromatic rings. The minimum atomic E-state index is 0. The Bertz CT molecular complexity index is 469. The Morgan fingerprint density at radius 1 is 1.13 bits per heavy atom. The number of ether oxygens (including phenoxy) is 2. The van der Waals surface area contributed by atoms with Gasteiger partial charge in [0.1, 0.15) is 11.5 Å². The molecule has 0 atom stereocenters. The van der Waals surface area contributed by atoms with E-state index in [-0.39, 0.29) is 18.3 Å². The first kappa shape index (κ1) is 21.5. The van der Waals surface area contributed by atoms with Gasteiger partial charge in [-0.15, -0.1) is 12.4 Å². The molecular weight excluding hydrogens is 316 g/mol. The predicted octanol–water partition coefficient (Wildman–Crippen LogP) is 2.99. The van der Waals surface area contributed by atoms with Crippen molar-refractivity contribution in [3.05, 3.63) is 23.8 Å². The van der Waals surface area contributed by atoms with E-state index in [0.717, 1.165) is 49.3 Å². The molecule has 0 aliphatic heterocycles. The third kappa shape index (κ3) is 7.57. The molecule has 0 fully saturated rings. The number of amides is 1. The maximum atomic E-state index is 12.1. The van der Waals surface area contributed by atoms with Gasteiger partial charge in [0, 0.05) is 31.6 Å². The maximum absolute atomic E-state index is 12.1. The number of hydrogen-bond donors (Lipinski definition) is 1. The fourth-order valence-corrected chi connectivity index (χ4v) is 2.29. The lowest BCUT2D eigenvalue weighted by molar-refractivity contribution is -0.130. The first-order chi connectivity index (χ1) is 10.6. The highest BCUT2D eigenvalue weighted by molar-refractivity contribution is 5.85. The normalized spacial score (nSPS) is 9.91. The van der Waals surface area contributed by atoms with Crippen LogP contribution in [-0.4, -0.2) is 38.6 Å². The first-order valence-electron chi connectivity index (χ1n) is 7.77. The van der Waals surface area contributed by atoms with Crippen molar-refractivity contribution in [1.82, 2.24) is 4.90 Å². The monoisotopic (exact) mass is 344 g/mol. The van der Waals surface area contributed by atoms with Crippen LogP contribution in [0.5, 0.6) is 11.5 Å². The lowest BCUT2D eigenvalue weighted by atomic mass is 10.1. The highest BCUT2D eigenvalue weighted by Crippen LogP contribution is 2.25. The molecule has 0 unspecified atom stereocenters. The number of rotatable bonds is 10. The maximum Gasteiger partial charge on any atom is 0.222 e. The van der Waals surface area contributed by atoms with Crippen LogP contribution in [0.1, 0.15) is 37.7 Å². The lowest BCUT2D eigenvalue weighted by Crippen LogP contribution is -2.26. The van der Waals surface area contributed by atoms with E-state index in [2.05, 4.69) is 0 Å². The van der Waals surface area contributed by atoms with Crippen molar-refractivity contribution in [1.29, 1.82) is 0 Å². The van der Waals surface area contributed by atoms with Gasteiger partial charge < -0.3 is 20.1 Å². The Labute approximate surface area is 145 Å². The number of nitrogens with zero attached hydrogens (tertiary/aromatic N) is 1. The number of carbonyl (C=O) groups excluding carboxylic acids is 1. The number of benzene rings is 1. The van der Waals surface area contributed by atoms with E-state index in [1.807, 2.05) is 25.2 Å². The van der Waals surface area contributed by atoms with Crippen LogP contribution < -0.4 is 15.2 Å². The summed E-state index contributed by atoms with van der Waals surface area (Å²) in [5, 5.41) is 0. The molecule has 5 nitrogen and oxygen atoms in total. The topological polar surface area (TPSA) is 64.8 Å². The second-order valence-electron chi connectivity index (χ2n) is 5.38. The van der Waals surface area contributed by atoms with Crippen molar-refractivity contribution >= 4 is 18.3 Å². The molecule has 0 aliphatic rings. The molecule has 6 heteroatoms. The number of nitrogens with two attached hydrogens (primary N) is 1. The van der Waals surface area contributed by atoms with Gasteiger partial charge in [0.2, 0.25) is 5.91 Å². The van der Waals surface area contributed by atoms with Crippen LogP contribution in [0.4, 0.5) is 0 Å². The average Bonchev–Trinajstić information content (AvgIpc) is 2.54. The third-order valence-electron chi connectivity index (χ3n) is 3.67. The van der Waals surface area contributed by atoms with Gasteiger partial charge in [-0.2, -0.15) is 0 Å². The lowest BCUT2D eigenvalue weighted by Gasteiger charge is -2.19. The average molecular weight is 345 g/mol. The summed E-state index contributed by atoms with van der Waals surface area (Å²) in [4.78, 5) is 13.9. The second-order valence-corrected chi connectivity index (χ2v) is 5.38. The van der Waals surface area contributed by atoms with Gasteiger partial charge in [0.05, 0.1) is 14.2 Å². The van der Waals surface area contributed by atoms with Gasteiger partial charge in [0.25, 0.3) is 0 Å². The van der Waals surface area contributed by atoms with Crippen LogP contribution in [0.3, 0.4) is 0 Å². The Balaban J connectivity index is 0.00000484. The van der Waals surface area contributed by atoms with Crippen LogP contribution in [-0.2, 0) is 11.3 Å². The number of unbranched alkanes of at least 4 members (excludes halogenated alkanes) is 3. The molecule has 0 saturated carbocycles. The largest absolute Gasteiger partial charge is 0.497 e. The summed E-state index contributed by atoms with van der Waals surface area (Å²) in [6, 6.07) is 5.64. The van der Waals surface area contributed by atoms with Crippen LogP contribution in [0.15, 0.2) is 18.2 Å². The Morgan fingerprint density at radius 2 is 1.83 bits per heavy atom. The first-order valence-corrected chi connectivity index (χ1v) is 7.77. The molecule has 0 spiro atoms. The molecule has 0 aromatic heterocycles. The molecule has 0 heterocycles. The fraction of sp³-hybridized carbons (Fsp3) is 0.588. The van der Waals surface area contributed by atoms with E-state index >= 15 is 0 Å². The smallest absolute Gasteiger partial charge is 0.222 e. The van der Waals surface area contributed by atoms with Gasteiger partial charge in [0.15, 0.2) is 0 Å². The van der Waals surface area contributed by atoms with Crippen LogP contribution in [0.25, 0.3) is 0 Å². The minimum absolute atomic E-state index is 0. The van der Waals surface area contributed by atoms with Crippen molar-refractivity contribution in [3.8, 4) is 11.5 Å². The third-order valence-corrected chi connectivity index (χ3v) is 3.67. The van der Waals surface area contributed by atoms with Gasteiger partial charge in [-0.05, 0) is 31.5 Å². The van der Waals surface area contributed by atoms with E-state index in [1.54, 1.807) is 19.1 Å². The molecule has 0 bridgehead atoms. The molecule has 0 aliphatic carbocycles. The van der Waals surface area contributed by atoms with Crippen LogP contribution in [0.2, 0.25) is 0 Å². The van der Waals surface area contributed by atoms with Crippen LogP contribution in [0, 0.1) is 0 Å². The Kier molecular flexibility index (Phi) is 11.3. The SMILES string of the molecule is COc1ccc(CN(C)C(=O)CCCCCCN)c(OC)c1.Cl. The summed E-state index contributed by atoms with van der Waals surface area (Å²) in [7, 11) is 5.07. The van der Waals surface area contributed by atoms with E-state index in [0.29, 0.717) is 13.0 Å². The zero-order valence-electron chi connectivity index (χ0n) is 14.3.